The van der Waals surface area contributed by atoms with Crippen molar-refractivity contribution in [2.45, 2.75) is 13.3 Å². The van der Waals surface area contributed by atoms with Crippen LogP contribution in [-0.4, -0.2) is 19.1 Å². The van der Waals surface area contributed by atoms with Crippen LogP contribution in [0.15, 0.2) is 18.2 Å². The molecule has 3 N–H and O–H groups in total. The third-order valence-corrected chi connectivity index (χ3v) is 2.13. The lowest BCUT2D eigenvalue weighted by molar-refractivity contribution is -0.117. The first kappa shape index (κ1) is 13.0. The fraction of sp³-hybridized carbons (Fsp3) is 0.333. The first-order chi connectivity index (χ1) is 8.17. The summed E-state index contributed by atoms with van der Waals surface area (Å²) in [4.78, 5) is 11.5. The third kappa shape index (κ3) is 4.13. The monoisotopic (exact) mass is 233 g/mol. The maximum Gasteiger partial charge on any atom is 0.226 e. The van der Waals surface area contributed by atoms with E-state index in [2.05, 4.69) is 5.32 Å². The van der Waals surface area contributed by atoms with Gasteiger partial charge in [-0.25, -0.2) is 0 Å². The SMILES string of the molecule is CCOCCC(=O)Nc1ccc(C#N)cc1N. The first-order valence-electron chi connectivity index (χ1n) is 5.34. The number of carbonyl (C=O) groups excluding carboxylic acids is 1. The zero-order valence-electron chi connectivity index (χ0n) is 9.69. The Morgan fingerprint density at radius 3 is 2.94 bits per heavy atom. The number of nitriles is 1. The second-order valence-corrected chi connectivity index (χ2v) is 3.41. The molecule has 1 aromatic carbocycles. The molecule has 1 amide bonds. The summed E-state index contributed by atoms with van der Waals surface area (Å²) in [5.74, 6) is -0.158. The van der Waals surface area contributed by atoms with Gasteiger partial charge in [-0.1, -0.05) is 0 Å². The number of hydrogen-bond donors (Lipinski definition) is 2. The molecular formula is C12H15N3O2. The molecule has 5 heteroatoms. The van der Waals surface area contributed by atoms with E-state index in [-0.39, 0.29) is 12.3 Å². The van der Waals surface area contributed by atoms with E-state index >= 15 is 0 Å². The lowest BCUT2D eigenvalue weighted by atomic mass is 10.2. The van der Waals surface area contributed by atoms with E-state index in [0.29, 0.717) is 30.2 Å². The van der Waals surface area contributed by atoms with Crippen LogP contribution in [0, 0.1) is 11.3 Å². The number of nitrogens with one attached hydrogen (secondary N) is 1. The van der Waals surface area contributed by atoms with Crippen molar-refractivity contribution in [3.05, 3.63) is 23.8 Å². The van der Waals surface area contributed by atoms with Gasteiger partial charge in [0.2, 0.25) is 5.91 Å². The molecule has 0 fully saturated rings. The molecule has 1 aromatic rings. The maximum absolute atomic E-state index is 11.5. The zero-order valence-corrected chi connectivity index (χ0v) is 9.69. The average molecular weight is 233 g/mol. The number of nitrogens with zero attached hydrogens (tertiary/aromatic N) is 1. The predicted molar refractivity (Wildman–Crippen MR) is 65.3 cm³/mol. The molecule has 0 saturated carbocycles. The summed E-state index contributed by atoms with van der Waals surface area (Å²) in [5.41, 5.74) is 7.07. The van der Waals surface area contributed by atoms with Crippen molar-refractivity contribution >= 4 is 17.3 Å². The molecule has 0 atom stereocenters. The van der Waals surface area contributed by atoms with Crippen LogP contribution in [0.2, 0.25) is 0 Å². The Labute approximate surface area is 100 Å². The van der Waals surface area contributed by atoms with Crippen LogP contribution in [0.4, 0.5) is 11.4 Å². The fourth-order valence-corrected chi connectivity index (χ4v) is 1.27. The van der Waals surface area contributed by atoms with Crippen molar-refractivity contribution in [2.75, 3.05) is 24.3 Å². The van der Waals surface area contributed by atoms with Crippen LogP contribution in [0.3, 0.4) is 0 Å². The first-order valence-corrected chi connectivity index (χ1v) is 5.34. The highest BCUT2D eigenvalue weighted by molar-refractivity contribution is 5.94. The molecule has 0 aliphatic carbocycles. The van der Waals surface area contributed by atoms with Gasteiger partial charge >= 0.3 is 0 Å². The Bertz CT molecular complexity index is 438. The van der Waals surface area contributed by atoms with Crippen molar-refractivity contribution in [1.29, 1.82) is 5.26 Å². The molecule has 1 rings (SSSR count). The van der Waals surface area contributed by atoms with Crippen molar-refractivity contribution < 1.29 is 9.53 Å². The number of hydrogen-bond acceptors (Lipinski definition) is 4. The van der Waals surface area contributed by atoms with Gasteiger partial charge < -0.3 is 15.8 Å². The maximum atomic E-state index is 11.5. The number of amides is 1. The lowest BCUT2D eigenvalue weighted by Crippen LogP contribution is -2.15. The molecule has 0 spiro atoms. The molecule has 90 valence electrons. The van der Waals surface area contributed by atoms with Crippen LogP contribution in [0.25, 0.3) is 0 Å². The number of rotatable bonds is 5. The molecular weight excluding hydrogens is 218 g/mol. The Hall–Kier alpha value is -2.06. The standard InChI is InChI=1S/C12H15N3O2/c1-2-17-6-5-12(16)15-11-4-3-9(8-13)7-10(11)14/h3-4,7H,2,5-6,14H2,1H3,(H,15,16). The molecule has 0 aromatic heterocycles. The van der Waals surface area contributed by atoms with Gasteiger partial charge in [0.1, 0.15) is 0 Å². The van der Waals surface area contributed by atoms with Gasteiger partial charge in [-0.2, -0.15) is 5.26 Å². The Balaban J connectivity index is 2.57. The second kappa shape index (κ2) is 6.51. The second-order valence-electron chi connectivity index (χ2n) is 3.41. The normalized spacial score (nSPS) is 9.65. The van der Waals surface area contributed by atoms with Gasteiger partial charge in [0.15, 0.2) is 0 Å². The van der Waals surface area contributed by atoms with Crippen LogP contribution in [-0.2, 0) is 9.53 Å². The summed E-state index contributed by atoms with van der Waals surface area (Å²) in [7, 11) is 0. The van der Waals surface area contributed by atoms with Gasteiger partial charge in [0.25, 0.3) is 0 Å². The molecule has 0 radical (unpaired) electrons. The lowest BCUT2D eigenvalue weighted by Gasteiger charge is -2.08. The number of carbonyl (C=O) groups is 1. The van der Waals surface area contributed by atoms with Crippen molar-refractivity contribution in [2.24, 2.45) is 0 Å². The van der Waals surface area contributed by atoms with Gasteiger partial charge in [0.05, 0.1) is 36.0 Å². The Kier molecular flexibility index (Phi) is 4.98. The number of nitrogen functional groups attached to an aromatic ring is 1. The highest BCUT2D eigenvalue weighted by Gasteiger charge is 2.05. The highest BCUT2D eigenvalue weighted by atomic mass is 16.5. The molecule has 0 bridgehead atoms. The van der Waals surface area contributed by atoms with E-state index in [9.17, 15) is 4.79 Å². The summed E-state index contributed by atoms with van der Waals surface area (Å²) in [6.45, 7) is 2.85. The van der Waals surface area contributed by atoms with Crippen LogP contribution in [0.1, 0.15) is 18.9 Å². The van der Waals surface area contributed by atoms with Crippen LogP contribution >= 0.6 is 0 Å². The van der Waals surface area contributed by atoms with Crippen LogP contribution in [0.5, 0.6) is 0 Å². The molecule has 5 nitrogen and oxygen atoms in total. The summed E-state index contributed by atoms with van der Waals surface area (Å²) in [5, 5.41) is 11.3. The third-order valence-electron chi connectivity index (χ3n) is 2.13. The predicted octanol–water partition coefficient (Wildman–Crippen LogP) is 1.51. The minimum absolute atomic E-state index is 0.158. The van der Waals surface area contributed by atoms with Gasteiger partial charge in [-0.05, 0) is 25.1 Å². The van der Waals surface area contributed by atoms with Crippen molar-refractivity contribution in [1.82, 2.24) is 0 Å². The topological polar surface area (TPSA) is 88.1 Å². The van der Waals surface area contributed by atoms with Gasteiger partial charge in [-0.15, -0.1) is 0 Å². The molecule has 0 aliphatic heterocycles. The quantitative estimate of drug-likeness (QED) is 0.596. The van der Waals surface area contributed by atoms with E-state index < -0.39 is 0 Å². The Morgan fingerprint density at radius 1 is 1.59 bits per heavy atom. The zero-order chi connectivity index (χ0) is 12.7. The molecule has 0 unspecified atom stereocenters. The van der Waals surface area contributed by atoms with Crippen molar-refractivity contribution in [3.8, 4) is 6.07 Å². The summed E-state index contributed by atoms with van der Waals surface area (Å²) >= 11 is 0. The molecule has 0 aliphatic rings. The minimum atomic E-state index is -0.158. The summed E-state index contributed by atoms with van der Waals surface area (Å²) in [6, 6.07) is 6.73. The van der Waals surface area contributed by atoms with E-state index in [1.54, 1.807) is 12.1 Å². The smallest absolute Gasteiger partial charge is 0.226 e. The summed E-state index contributed by atoms with van der Waals surface area (Å²) in [6.07, 6.45) is 0.285. The number of benzene rings is 1. The molecule has 0 saturated heterocycles. The summed E-state index contributed by atoms with van der Waals surface area (Å²) < 4.78 is 5.07. The number of anilines is 2. The van der Waals surface area contributed by atoms with Gasteiger partial charge in [-0.3, -0.25) is 4.79 Å². The largest absolute Gasteiger partial charge is 0.397 e. The Morgan fingerprint density at radius 2 is 2.35 bits per heavy atom. The molecule has 0 heterocycles. The minimum Gasteiger partial charge on any atom is -0.397 e. The number of nitrogens with two attached hydrogens (primary N) is 1. The highest BCUT2D eigenvalue weighted by Crippen LogP contribution is 2.19. The van der Waals surface area contributed by atoms with E-state index in [0.717, 1.165) is 0 Å². The average Bonchev–Trinajstić information content (AvgIpc) is 2.32. The fourth-order valence-electron chi connectivity index (χ4n) is 1.27. The van der Waals surface area contributed by atoms with Gasteiger partial charge in [0, 0.05) is 6.61 Å². The van der Waals surface area contributed by atoms with E-state index in [4.69, 9.17) is 15.7 Å². The van der Waals surface area contributed by atoms with E-state index in [1.165, 1.54) is 6.07 Å². The molecule has 17 heavy (non-hydrogen) atoms. The van der Waals surface area contributed by atoms with Crippen LogP contribution < -0.4 is 11.1 Å². The van der Waals surface area contributed by atoms with E-state index in [1.807, 2.05) is 13.0 Å². The number of ether oxygens (including phenoxy) is 1. The van der Waals surface area contributed by atoms with Crippen molar-refractivity contribution in [3.63, 3.8) is 0 Å².